The van der Waals surface area contributed by atoms with E-state index < -0.39 is 10.0 Å². The quantitative estimate of drug-likeness (QED) is 0.919. The Morgan fingerprint density at radius 1 is 1.00 bits per heavy atom. The van der Waals surface area contributed by atoms with Crippen molar-refractivity contribution >= 4 is 10.0 Å². The van der Waals surface area contributed by atoms with Gasteiger partial charge in [0.25, 0.3) is 0 Å². The van der Waals surface area contributed by atoms with E-state index in [4.69, 9.17) is 0 Å². The van der Waals surface area contributed by atoms with Crippen LogP contribution >= 0.6 is 0 Å². The van der Waals surface area contributed by atoms with Gasteiger partial charge in [-0.2, -0.15) is 0 Å². The minimum absolute atomic E-state index is 0.127. The highest BCUT2D eigenvalue weighted by atomic mass is 32.2. The number of aryl methyl sites for hydroxylation is 1. The van der Waals surface area contributed by atoms with Gasteiger partial charge < -0.3 is 0 Å². The molecule has 1 N–H and O–H groups in total. The van der Waals surface area contributed by atoms with Gasteiger partial charge in [0.1, 0.15) is 0 Å². The SMILES string of the molecule is Cc1ccc(S(=O)(=O)N[C@H](c2ccccc2)C2CC2)cc1. The molecule has 110 valence electrons. The summed E-state index contributed by atoms with van der Waals surface area (Å²) in [6.07, 6.45) is 2.16. The molecule has 1 aliphatic carbocycles. The second kappa shape index (κ2) is 5.62. The molecule has 0 bridgehead atoms. The van der Waals surface area contributed by atoms with Crippen LogP contribution in [0.1, 0.15) is 30.0 Å². The predicted octanol–water partition coefficient (Wildman–Crippen LogP) is 3.42. The standard InChI is InChI=1S/C17H19NO2S/c1-13-7-11-16(12-8-13)21(19,20)18-17(15-9-10-15)14-5-3-2-4-6-14/h2-8,11-12,15,17-18H,9-10H2,1H3/t17-/m1/s1. The van der Waals surface area contributed by atoms with Gasteiger partial charge in [-0.3, -0.25) is 0 Å². The molecule has 0 spiro atoms. The first-order valence-corrected chi connectivity index (χ1v) is 8.68. The van der Waals surface area contributed by atoms with Crippen molar-refractivity contribution in [3.05, 3.63) is 65.7 Å². The third kappa shape index (κ3) is 3.34. The molecule has 1 aliphatic rings. The van der Waals surface area contributed by atoms with Gasteiger partial charge in [-0.25, -0.2) is 13.1 Å². The molecule has 0 radical (unpaired) electrons. The highest BCUT2D eigenvalue weighted by Gasteiger charge is 2.35. The van der Waals surface area contributed by atoms with E-state index in [1.54, 1.807) is 12.1 Å². The Hall–Kier alpha value is -1.65. The van der Waals surface area contributed by atoms with Crippen molar-refractivity contribution in [1.82, 2.24) is 4.72 Å². The van der Waals surface area contributed by atoms with Crippen molar-refractivity contribution in [3.8, 4) is 0 Å². The second-order valence-corrected chi connectivity index (χ2v) is 7.37. The maximum absolute atomic E-state index is 12.5. The molecule has 2 aromatic rings. The van der Waals surface area contributed by atoms with E-state index in [2.05, 4.69) is 4.72 Å². The maximum atomic E-state index is 12.5. The molecule has 0 saturated heterocycles. The van der Waals surface area contributed by atoms with Crippen LogP contribution in [0.2, 0.25) is 0 Å². The van der Waals surface area contributed by atoms with Crippen LogP contribution in [0.5, 0.6) is 0 Å². The zero-order valence-electron chi connectivity index (χ0n) is 12.0. The molecule has 0 unspecified atom stereocenters. The Morgan fingerprint density at radius 3 is 2.19 bits per heavy atom. The molecular weight excluding hydrogens is 282 g/mol. The molecule has 1 fully saturated rings. The zero-order valence-corrected chi connectivity index (χ0v) is 12.8. The van der Waals surface area contributed by atoms with Crippen LogP contribution in [0, 0.1) is 12.8 Å². The van der Waals surface area contributed by atoms with Gasteiger partial charge in [-0.15, -0.1) is 0 Å². The molecule has 0 aliphatic heterocycles. The molecular formula is C17H19NO2S. The lowest BCUT2D eigenvalue weighted by molar-refractivity contribution is 0.529. The first-order chi connectivity index (χ1) is 10.1. The van der Waals surface area contributed by atoms with Crippen LogP contribution in [0.15, 0.2) is 59.5 Å². The van der Waals surface area contributed by atoms with Crippen molar-refractivity contribution in [2.75, 3.05) is 0 Å². The monoisotopic (exact) mass is 301 g/mol. The normalized spacial score (nSPS) is 16.6. The topological polar surface area (TPSA) is 46.2 Å². The van der Waals surface area contributed by atoms with Gasteiger partial charge in [-0.05, 0) is 43.4 Å². The fraction of sp³-hybridized carbons (Fsp3) is 0.294. The van der Waals surface area contributed by atoms with Crippen LogP contribution in [-0.4, -0.2) is 8.42 Å². The summed E-state index contributed by atoms with van der Waals surface area (Å²) in [5.74, 6) is 0.410. The Labute approximate surface area is 126 Å². The van der Waals surface area contributed by atoms with E-state index in [1.165, 1.54) is 0 Å². The van der Waals surface area contributed by atoms with E-state index in [9.17, 15) is 8.42 Å². The fourth-order valence-electron chi connectivity index (χ4n) is 2.48. The molecule has 0 amide bonds. The molecule has 21 heavy (non-hydrogen) atoms. The smallest absolute Gasteiger partial charge is 0.207 e. The summed E-state index contributed by atoms with van der Waals surface area (Å²) in [6, 6.07) is 16.7. The van der Waals surface area contributed by atoms with Gasteiger partial charge in [0, 0.05) is 6.04 Å². The van der Waals surface area contributed by atoms with E-state index >= 15 is 0 Å². The van der Waals surface area contributed by atoms with Crippen LogP contribution in [-0.2, 0) is 10.0 Å². The number of hydrogen-bond acceptors (Lipinski definition) is 2. The lowest BCUT2D eigenvalue weighted by Crippen LogP contribution is -2.30. The fourth-order valence-corrected chi connectivity index (χ4v) is 3.77. The number of rotatable bonds is 5. The second-order valence-electron chi connectivity index (χ2n) is 5.66. The largest absolute Gasteiger partial charge is 0.241 e. The van der Waals surface area contributed by atoms with Crippen molar-refractivity contribution in [2.24, 2.45) is 5.92 Å². The third-order valence-electron chi connectivity index (χ3n) is 3.87. The molecule has 4 heteroatoms. The Kier molecular flexibility index (Phi) is 3.83. The zero-order chi connectivity index (χ0) is 14.9. The Bertz CT molecular complexity index is 704. The maximum Gasteiger partial charge on any atom is 0.241 e. The summed E-state index contributed by atoms with van der Waals surface area (Å²) in [4.78, 5) is 0.328. The summed E-state index contributed by atoms with van der Waals surface area (Å²) < 4.78 is 28.0. The highest BCUT2D eigenvalue weighted by Crippen LogP contribution is 2.41. The van der Waals surface area contributed by atoms with Crippen molar-refractivity contribution in [2.45, 2.75) is 30.7 Å². The van der Waals surface area contributed by atoms with Crippen molar-refractivity contribution in [3.63, 3.8) is 0 Å². The minimum atomic E-state index is -3.48. The number of sulfonamides is 1. The highest BCUT2D eigenvalue weighted by molar-refractivity contribution is 7.89. The molecule has 2 aromatic carbocycles. The first kappa shape index (κ1) is 14.3. The summed E-state index contributed by atoms with van der Waals surface area (Å²) >= 11 is 0. The van der Waals surface area contributed by atoms with Crippen molar-refractivity contribution < 1.29 is 8.42 Å². The van der Waals surface area contributed by atoms with Crippen molar-refractivity contribution in [1.29, 1.82) is 0 Å². The lowest BCUT2D eigenvalue weighted by atomic mass is 10.0. The average molecular weight is 301 g/mol. The molecule has 1 saturated carbocycles. The van der Waals surface area contributed by atoms with Gasteiger partial charge in [0.2, 0.25) is 10.0 Å². The molecule has 3 rings (SSSR count). The molecule has 1 atom stereocenters. The van der Waals surface area contributed by atoms with Crippen LogP contribution < -0.4 is 4.72 Å². The molecule has 0 aromatic heterocycles. The van der Waals surface area contributed by atoms with E-state index in [-0.39, 0.29) is 6.04 Å². The Balaban J connectivity index is 1.87. The summed E-state index contributed by atoms with van der Waals surface area (Å²) in [7, 11) is -3.48. The van der Waals surface area contributed by atoms with Gasteiger partial charge in [0.05, 0.1) is 4.90 Å². The van der Waals surface area contributed by atoms with Gasteiger partial charge >= 0.3 is 0 Å². The van der Waals surface area contributed by atoms with Gasteiger partial charge in [-0.1, -0.05) is 48.0 Å². The summed E-state index contributed by atoms with van der Waals surface area (Å²) in [5, 5.41) is 0. The summed E-state index contributed by atoms with van der Waals surface area (Å²) in [6.45, 7) is 1.95. The third-order valence-corrected chi connectivity index (χ3v) is 5.32. The van der Waals surface area contributed by atoms with Crippen LogP contribution in [0.3, 0.4) is 0 Å². The number of nitrogens with one attached hydrogen (secondary N) is 1. The van der Waals surface area contributed by atoms with E-state index in [1.807, 2.05) is 49.4 Å². The number of hydrogen-bond donors (Lipinski definition) is 1. The minimum Gasteiger partial charge on any atom is -0.207 e. The Morgan fingerprint density at radius 2 is 1.62 bits per heavy atom. The van der Waals surface area contributed by atoms with E-state index in [0.717, 1.165) is 24.0 Å². The summed E-state index contributed by atoms with van der Waals surface area (Å²) in [5.41, 5.74) is 2.09. The van der Waals surface area contributed by atoms with Gasteiger partial charge in [0.15, 0.2) is 0 Å². The first-order valence-electron chi connectivity index (χ1n) is 7.20. The van der Waals surface area contributed by atoms with E-state index in [0.29, 0.717) is 10.8 Å². The number of benzene rings is 2. The predicted molar refractivity (Wildman–Crippen MR) is 83.4 cm³/mol. The van der Waals surface area contributed by atoms with Crippen LogP contribution in [0.25, 0.3) is 0 Å². The lowest BCUT2D eigenvalue weighted by Gasteiger charge is -2.19. The molecule has 3 nitrogen and oxygen atoms in total. The average Bonchev–Trinajstić information content (AvgIpc) is 3.31. The van der Waals surface area contributed by atoms with Crippen LogP contribution in [0.4, 0.5) is 0 Å². The molecule has 0 heterocycles.